The highest BCUT2D eigenvalue weighted by Crippen LogP contribution is 2.22. The molecule has 0 aliphatic heterocycles. The molecule has 1 N–H and O–H groups in total. The van der Waals surface area contributed by atoms with E-state index in [1.165, 1.54) is 0 Å². The molecule has 3 rings (SSSR count). The van der Waals surface area contributed by atoms with E-state index < -0.39 is 0 Å². The quantitative estimate of drug-likeness (QED) is 0.425. The second-order valence-electron chi connectivity index (χ2n) is 6.53. The van der Waals surface area contributed by atoms with E-state index in [2.05, 4.69) is 5.32 Å². The summed E-state index contributed by atoms with van der Waals surface area (Å²) in [4.78, 5) is 12.8. The van der Waals surface area contributed by atoms with Gasteiger partial charge in [0.2, 0.25) is 0 Å². The molecule has 0 aliphatic rings. The Hall–Kier alpha value is -3.51. The molecule has 0 unspecified atom stereocenters. The Morgan fingerprint density at radius 2 is 1.42 bits per heavy atom. The molecule has 0 heterocycles. The maximum absolute atomic E-state index is 12.8. The monoisotopic (exact) mass is 421 g/mol. The predicted molar refractivity (Wildman–Crippen MR) is 120 cm³/mol. The standard InChI is InChI=1S/C25H27NO5/c1-2-28-15-16-30-22-12-8-9-20(19-22)26-25(27)23-13-6-7-14-24(23)31-18-17-29-21-10-4-3-5-11-21/h3-14,19H,2,15-18H2,1H3,(H,26,27). The molecule has 162 valence electrons. The number of para-hydroxylation sites is 2. The van der Waals surface area contributed by atoms with Crippen molar-refractivity contribution in [2.24, 2.45) is 0 Å². The van der Waals surface area contributed by atoms with Crippen LogP contribution in [0.4, 0.5) is 5.69 Å². The maximum atomic E-state index is 12.8. The molecule has 3 aromatic rings. The van der Waals surface area contributed by atoms with Crippen LogP contribution in [-0.4, -0.2) is 38.9 Å². The summed E-state index contributed by atoms with van der Waals surface area (Å²) in [6.45, 7) is 4.26. The molecule has 6 heteroatoms. The van der Waals surface area contributed by atoms with Gasteiger partial charge in [-0.25, -0.2) is 0 Å². The SMILES string of the molecule is CCOCCOc1cccc(NC(=O)c2ccccc2OCCOc2ccccc2)c1. The number of nitrogens with one attached hydrogen (secondary N) is 1. The maximum Gasteiger partial charge on any atom is 0.259 e. The van der Waals surface area contributed by atoms with Gasteiger partial charge in [-0.2, -0.15) is 0 Å². The molecule has 0 spiro atoms. The first kappa shape index (κ1) is 22.2. The minimum Gasteiger partial charge on any atom is -0.491 e. The van der Waals surface area contributed by atoms with Crippen molar-refractivity contribution in [1.82, 2.24) is 0 Å². The summed E-state index contributed by atoms with van der Waals surface area (Å²) in [5.74, 6) is 1.69. The molecule has 0 radical (unpaired) electrons. The van der Waals surface area contributed by atoms with Crippen molar-refractivity contribution < 1.29 is 23.7 Å². The highest BCUT2D eigenvalue weighted by molar-refractivity contribution is 6.06. The summed E-state index contributed by atoms with van der Waals surface area (Å²) >= 11 is 0. The molecule has 0 atom stereocenters. The minimum absolute atomic E-state index is 0.258. The molecule has 0 saturated heterocycles. The topological polar surface area (TPSA) is 66.0 Å². The van der Waals surface area contributed by atoms with Gasteiger partial charge in [-0.3, -0.25) is 4.79 Å². The third kappa shape index (κ3) is 7.35. The first-order chi connectivity index (χ1) is 15.3. The van der Waals surface area contributed by atoms with Crippen LogP contribution in [0.2, 0.25) is 0 Å². The molecule has 6 nitrogen and oxygen atoms in total. The summed E-state index contributed by atoms with van der Waals surface area (Å²) in [5.41, 5.74) is 1.09. The number of benzene rings is 3. The number of ether oxygens (including phenoxy) is 4. The van der Waals surface area contributed by atoms with Crippen molar-refractivity contribution in [3.8, 4) is 17.2 Å². The van der Waals surface area contributed by atoms with E-state index in [9.17, 15) is 4.79 Å². The predicted octanol–water partition coefficient (Wildman–Crippen LogP) is 4.81. The number of rotatable bonds is 12. The summed E-state index contributed by atoms with van der Waals surface area (Å²) in [6, 6.07) is 23.9. The molecule has 0 aliphatic carbocycles. The van der Waals surface area contributed by atoms with E-state index in [0.717, 1.165) is 5.75 Å². The lowest BCUT2D eigenvalue weighted by molar-refractivity contribution is 0.102. The summed E-state index contributed by atoms with van der Waals surface area (Å²) in [7, 11) is 0. The second kappa shape index (κ2) is 12.2. The third-order valence-electron chi connectivity index (χ3n) is 4.28. The lowest BCUT2D eigenvalue weighted by Crippen LogP contribution is -2.15. The smallest absolute Gasteiger partial charge is 0.259 e. The van der Waals surface area contributed by atoms with Crippen LogP contribution in [0.25, 0.3) is 0 Å². The number of hydrogen-bond acceptors (Lipinski definition) is 5. The van der Waals surface area contributed by atoms with Gasteiger partial charge in [-0.15, -0.1) is 0 Å². The van der Waals surface area contributed by atoms with E-state index in [0.29, 0.717) is 55.8 Å². The van der Waals surface area contributed by atoms with E-state index in [1.54, 1.807) is 24.3 Å². The largest absolute Gasteiger partial charge is 0.491 e. The molecular formula is C25H27NO5. The lowest BCUT2D eigenvalue weighted by atomic mass is 10.2. The highest BCUT2D eigenvalue weighted by Gasteiger charge is 2.13. The Balaban J connectivity index is 1.54. The minimum atomic E-state index is -0.258. The van der Waals surface area contributed by atoms with Crippen LogP contribution in [0.5, 0.6) is 17.2 Å². The summed E-state index contributed by atoms with van der Waals surface area (Å²) in [5, 5.41) is 2.90. The number of carbonyl (C=O) groups is 1. The van der Waals surface area contributed by atoms with Crippen LogP contribution in [-0.2, 0) is 4.74 Å². The fourth-order valence-corrected chi connectivity index (χ4v) is 2.83. The van der Waals surface area contributed by atoms with Gasteiger partial charge in [-0.05, 0) is 43.3 Å². The number of anilines is 1. The molecule has 1 amide bonds. The average Bonchev–Trinajstić information content (AvgIpc) is 2.81. The fourth-order valence-electron chi connectivity index (χ4n) is 2.83. The summed E-state index contributed by atoms with van der Waals surface area (Å²) in [6.07, 6.45) is 0. The van der Waals surface area contributed by atoms with Gasteiger partial charge in [0.05, 0.1) is 12.2 Å². The second-order valence-corrected chi connectivity index (χ2v) is 6.53. The van der Waals surface area contributed by atoms with E-state index in [-0.39, 0.29) is 5.91 Å². The first-order valence-electron chi connectivity index (χ1n) is 10.3. The molecule has 0 fully saturated rings. The molecule has 3 aromatic carbocycles. The van der Waals surface area contributed by atoms with Crippen molar-refractivity contribution in [3.05, 3.63) is 84.4 Å². The van der Waals surface area contributed by atoms with E-state index in [1.807, 2.05) is 61.5 Å². The van der Waals surface area contributed by atoms with Gasteiger partial charge in [0.15, 0.2) is 0 Å². The average molecular weight is 421 g/mol. The normalized spacial score (nSPS) is 10.4. The number of carbonyl (C=O) groups excluding carboxylic acids is 1. The molecular weight excluding hydrogens is 394 g/mol. The van der Waals surface area contributed by atoms with Crippen molar-refractivity contribution in [2.45, 2.75) is 6.92 Å². The van der Waals surface area contributed by atoms with Crippen LogP contribution in [0.1, 0.15) is 17.3 Å². The van der Waals surface area contributed by atoms with Crippen LogP contribution >= 0.6 is 0 Å². The van der Waals surface area contributed by atoms with Crippen LogP contribution < -0.4 is 19.5 Å². The van der Waals surface area contributed by atoms with Crippen LogP contribution in [0, 0.1) is 0 Å². The van der Waals surface area contributed by atoms with Gasteiger partial charge in [-0.1, -0.05) is 36.4 Å². The van der Waals surface area contributed by atoms with E-state index >= 15 is 0 Å². The van der Waals surface area contributed by atoms with Gasteiger partial charge in [0, 0.05) is 18.4 Å². The zero-order valence-corrected chi connectivity index (χ0v) is 17.6. The van der Waals surface area contributed by atoms with Crippen LogP contribution in [0.3, 0.4) is 0 Å². The zero-order valence-electron chi connectivity index (χ0n) is 17.6. The van der Waals surface area contributed by atoms with Gasteiger partial charge in [0.25, 0.3) is 5.91 Å². The van der Waals surface area contributed by atoms with Crippen molar-refractivity contribution in [2.75, 3.05) is 38.4 Å². The molecule has 31 heavy (non-hydrogen) atoms. The summed E-state index contributed by atoms with van der Waals surface area (Å²) < 4.78 is 22.3. The Bertz CT molecular complexity index is 945. The molecule has 0 aromatic heterocycles. The molecule has 0 bridgehead atoms. The fraction of sp³-hybridized carbons (Fsp3) is 0.240. The zero-order chi connectivity index (χ0) is 21.7. The number of hydrogen-bond donors (Lipinski definition) is 1. The molecule has 0 saturated carbocycles. The van der Waals surface area contributed by atoms with Crippen molar-refractivity contribution in [3.63, 3.8) is 0 Å². The highest BCUT2D eigenvalue weighted by atomic mass is 16.5. The number of amides is 1. The van der Waals surface area contributed by atoms with Gasteiger partial charge < -0.3 is 24.3 Å². The Labute approximate surface area is 182 Å². The Morgan fingerprint density at radius 3 is 2.26 bits per heavy atom. The van der Waals surface area contributed by atoms with Crippen molar-refractivity contribution in [1.29, 1.82) is 0 Å². The van der Waals surface area contributed by atoms with Crippen LogP contribution in [0.15, 0.2) is 78.9 Å². The Morgan fingerprint density at radius 1 is 0.742 bits per heavy atom. The third-order valence-corrected chi connectivity index (χ3v) is 4.28. The van der Waals surface area contributed by atoms with E-state index in [4.69, 9.17) is 18.9 Å². The first-order valence-corrected chi connectivity index (χ1v) is 10.3. The van der Waals surface area contributed by atoms with Gasteiger partial charge >= 0.3 is 0 Å². The lowest BCUT2D eigenvalue weighted by Gasteiger charge is -2.13. The Kier molecular flexibility index (Phi) is 8.76. The van der Waals surface area contributed by atoms with Gasteiger partial charge in [0.1, 0.15) is 37.1 Å². The van der Waals surface area contributed by atoms with Crippen molar-refractivity contribution >= 4 is 11.6 Å².